The molecule has 1 heterocycles. The lowest BCUT2D eigenvalue weighted by molar-refractivity contribution is -0.122. The highest BCUT2D eigenvalue weighted by Crippen LogP contribution is 2.20. The number of benzene rings is 2. The fourth-order valence-electron chi connectivity index (χ4n) is 3.09. The molecule has 1 N–H and O–H groups in total. The first-order chi connectivity index (χ1) is 13.2. The van der Waals surface area contributed by atoms with Crippen LogP contribution in [0.1, 0.15) is 25.8 Å². The molecule has 0 bridgehead atoms. The summed E-state index contributed by atoms with van der Waals surface area (Å²) in [5.74, 6) is 0.591. The highest BCUT2D eigenvalue weighted by Gasteiger charge is 2.19. The Balaban J connectivity index is 1.58. The van der Waals surface area contributed by atoms with Gasteiger partial charge in [0.1, 0.15) is 5.75 Å². The second-order valence-corrected chi connectivity index (χ2v) is 6.65. The van der Waals surface area contributed by atoms with E-state index in [4.69, 9.17) is 9.47 Å². The number of hydrogen-bond donors (Lipinski definition) is 1. The second kappa shape index (κ2) is 9.42. The molecular weight excluding hydrogens is 340 g/mol. The standard InChI is InChI=1S/C22H28N2O3/c1-3-17-5-11-20(12-6-17)27-21(4-2)22(25)23-18-7-9-19(10-8-18)24-13-15-26-16-14-24/h5-12,21H,3-4,13-16H2,1-2H3,(H,23,25)/t21-/m1/s1. The Bertz CT molecular complexity index is 722. The molecule has 0 saturated carbocycles. The lowest BCUT2D eigenvalue weighted by Crippen LogP contribution is -2.36. The minimum atomic E-state index is -0.517. The van der Waals surface area contributed by atoms with E-state index in [2.05, 4.69) is 17.1 Å². The first kappa shape index (κ1) is 19.2. The first-order valence-electron chi connectivity index (χ1n) is 9.68. The number of aryl methyl sites for hydroxylation is 1. The Morgan fingerprint density at radius 3 is 2.33 bits per heavy atom. The minimum Gasteiger partial charge on any atom is -0.481 e. The van der Waals surface area contributed by atoms with Crippen molar-refractivity contribution in [1.82, 2.24) is 0 Å². The topological polar surface area (TPSA) is 50.8 Å². The second-order valence-electron chi connectivity index (χ2n) is 6.65. The number of rotatable bonds is 7. The summed E-state index contributed by atoms with van der Waals surface area (Å²) in [6, 6.07) is 15.8. The van der Waals surface area contributed by atoms with E-state index in [0.717, 1.165) is 49.8 Å². The Hall–Kier alpha value is -2.53. The molecular formula is C22H28N2O3. The van der Waals surface area contributed by atoms with E-state index in [1.54, 1.807) is 0 Å². The van der Waals surface area contributed by atoms with Crippen molar-refractivity contribution in [3.8, 4) is 5.75 Å². The first-order valence-corrected chi connectivity index (χ1v) is 9.68. The van der Waals surface area contributed by atoms with Gasteiger partial charge in [-0.1, -0.05) is 26.0 Å². The average Bonchev–Trinajstić information content (AvgIpc) is 2.73. The molecule has 144 valence electrons. The maximum atomic E-state index is 12.6. The third-order valence-electron chi connectivity index (χ3n) is 4.78. The van der Waals surface area contributed by atoms with Crippen molar-refractivity contribution in [2.45, 2.75) is 32.8 Å². The molecule has 2 aromatic carbocycles. The number of hydrogen-bond acceptors (Lipinski definition) is 4. The van der Waals surface area contributed by atoms with Gasteiger partial charge in [-0.3, -0.25) is 4.79 Å². The van der Waals surface area contributed by atoms with Crippen LogP contribution in [-0.4, -0.2) is 38.3 Å². The lowest BCUT2D eigenvalue weighted by atomic mass is 10.1. The van der Waals surface area contributed by atoms with Crippen molar-refractivity contribution in [2.75, 3.05) is 36.5 Å². The van der Waals surface area contributed by atoms with Gasteiger partial charge >= 0.3 is 0 Å². The number of amides is 1. The van der Waals surface area contributed by atoms with Gasteiger partial charge in [0.2, 0.25) is 0 Å². The van der Waals surface area contributed by atoms with Gasteiger partial charge < -0.3 is 19.7 Å². The normalized spacial score (nSPS) is 15.3. The summed E-state index contributed by atoms with van der Waals surface area (Å²) >= 11 is 0. The zero-order valence-corrected chi connectivity index (χ0v) is 16.1. The van der Waals surface area contributed by atoms with Crippen molar-refractivity contribution < 1.29 is 14.3 Å². The summed E-state index contributed by atoms with van der Waals surface area (Å²) in [5.41, 5.74) is 3.18. The van der Waals surface area contributed by atoms with Gasteiger partial charge in [-0.25, -0.2) is 0 Å². The quantitative estimate of drug-likeness (QED) is 0.806. The predicted molar refractivity (Wildman–Crippen MR) is 109 cm³/mol. The highest BCUT2D eigenvalue weighted by atomic mass is 16.5. The third-order valence-corrected chi connectivity index (χ3v) is 4.78. The van der Waals surface area contributed by atoms with Crippen molar-refractivity contribution in [1.29, 1.82) is 0 Å². The van der Waals surface area contributed by atoms with Crippen LogP contribution in [0.5, 0.6) is 5.75 Å². The van der Waals surface area contributed by atoms with Gasteiger partial charge in [-0.05, 0) is 54.8 Å². The van der Waals surface area contributed by atoms with Crippen molar-refractivity contribution >= 4 is 17.3 Å². The summed E-state index contributed by atoms with van der Waals surface area (Å²) in [7, 11) is 0. The molecule has 1 saturated heterocycles. The summed E-state index contributed by atoms with van der Waals surface area (Å²) in [6.07, 6.45) is 1.07. The Labute approximate surface area is 161 Å². The van der Waals surface area contributed by atoms with Crippen LogP contribution >= 0.6 is 0 Å². The summed E-state index contributed by atoms with van der Waals surface area (Å²) in [5, 5.41) is 2.96. The Morgan fingerprint density at radius 1 is 1.07 bits per heavy atom. The molecule has 1 amide bonds. The number of nitrogens with zero attached hydrogens (tertiary/aromatic N) is 1. The van der Waals surface area contributed by atoms with Gasteiger partial charge in [0.15, 0.2) is 6.10 Å². The molecule has 0 radical (unpaired) electrons. The van der Waals surface area contributed by atoms with Gasteiger partial charge in [0.25, 0.3) is 5.91 Å². The zero-order chi connectivity index (χ0) is 19.1. The summed E-state index contributed by atoms with van der Waals surface area (Å²) in [6.45, 7) is 7.37. The number of anilines is 2. The van der Waals surface area contributed by atoms with Crippen LogP contribution in [0.4, 0.5) is 11.4 Å². The molecule has 27 heavy (non-hydrogen) atoms. The van der Waals surface area contributed by atoms with Crippen LogP contribution in [0.25, 0.3) is 0 Å². The third kappa shape index (κ3) is 5.23. The van der Waals surface area contributed by atoms with Crippen molar-refractivity contribution in [3.63, 3.8) is 0 Å². The number of nitrogens with one attached hydrogen (secondary N) is 1. The van der Waals surface area contributed by atoms with Crippen molar-refractivity contribution in [2.24, 2.45) is 0 Å². The molecule has 0 spiro atoms. The SMILES string of the molecule is CCc1ccc(O[C@H](CC)C(=O)Nc2ccc(N3CCOCC3)cc2)cc1. The van der Waals surface area contributed by atoms with Gasteiger partial charge in [0, 0.05) is 24.5 Å². The molecule has 0 aromatic heterocycles. The van der Waals surface area contributed by atoms with E-state index in [9.17, 15) is 4.79 Å². The van der Waals surface area contributed by atoms with Crippen LogP contribution in [0, 0.1) is 0 Å². The number of morpholine rings is 1. The van der Waals surface area contributed by atoms with Gasteiger partial charge in [-0.2, -0.15) is 0 Å². The average molecular weight is 368 g/mol. The fraction of sp³-hybridized carbons (Fsp3) is 0.409. The Kier molecular flexibility index (Phi) is 6.71. The van der Waals surface area contributed by atoms with E-state index in [0.29, 0.717) is 6.42 Å². The van der Waals surface area contributed by atoms with Crippen LogP contribution in [-0.2, 0) is 16.0 Å². The monoisotopic (exact) mass is 368 g/mol. The Morgan fingerprint density at radius 2 is 1.74 bits per heavy atom. The van der Waals surface area contributed by atoms with Gasteiger partial charge in [-0.15, -0.1) is 0 Å². The van der Waals surface area contributed by atoms with E-state index in [1.165, 1.54) is 5.56 Å². The van der Waals surface area contributed by atoms with Crippen LogP contribution in [0.3, 0.4) is 0 Å². The maximum Gasteiger partial charge on any atom is 0.265 e. The molecule has 1 atom stereocenters. The molecule has 1 aliphatic heterocycles. The molecule has 0 aliphatic carbocycles. The van der Waals surface area contributed by atoms with E-state index in [-0.39, 0.29) is 5.91 Å². The molecule has 5 heteroatoms. The predicted octanol–water partition coefficient (Wildman–Crippen LogP) is 3.88. The maximum absolute atomic E-state index is 12.6. The lowest BCUT2D eigenvalue weighted by Gasteiger charge is -2.29. The summed E-state index contributed by atoms with van der Waals surface area (Å²) < 4.78 is 11.3. The van der Waals surface area contributed by atoms with Gasteiger partial charge in [0.05, 0.1) is 13.2 Å². The fourth-order valence-corrected chi connectivity index (χ4v) is 3.09. The number of ether oxygens (including phenoxy) is 2. The molecule has 1 fully saturated rings. The zero-order valence-electron chi connectivity index (χ0n) is 16.1. The van der Waals surface area contributed by atoms with E-state index >= 15 is 0 Å². The van der Waals surface area contributed by atoms with Crippen LogP contribution < -0.4 is 15.0 Å². The molecule has 3 rings (SSSR count). The molecule has 0 unspecified atom stereocenters. The largest absolute Gasteiger partial charge is 0.481 e. The van der Waals surface area contributed by atoms with Crippen LogP contribution in [0.2, 0.25) is 0 Å². The smallest absolute Gasteiger partial charge is 0.265 e. The van der Waals surface area contributed by atoms with E-state index in [1.807, 2.05) is 55.5 Å². The van der Waals surface area contributed by atoms with Crippen molar-refractivity contribution in [3.05, 3.63) is 54.1 Å². The number of carbonyl (C=O) groups excluding carboxylic acids is 1. The molecule has 2 aromatic rings. The highest BCUT2D eigenvalue weighted by molar-refractivity contribution is 5.94. The molecule has 1 aliphatic rings. The van der Waals surface area contributed by atoms with Crippen LogP contribution in [0.15, 0.2) is 48.5 Å². The molecule has 5 nitrogen and oxygen atoms in total. The summed E-state index contributed by atoms with van der Waals surface area (Å²) in [4.78, 5) is 14.9. The minimum absolute atomic E-state index is 0.129. The number of carbonyl (C=O) groups is 1. The van der Waals surface area contributed by atoms with E-state index < -0.39 is 6.10 Å².